The van der Waals surface area contributed by atoms with Gasteiger partial charge in [0.2, 0.25) is 0 Å². The van der Waals surface area contributed by atoms with Crippen LogP contribution < -0.4 is 5.32 Å². The van der Waals surface area contributed by atoms with Crippen molar-refractivity contribution < 1.29 is 0 Å². The van der Waals surface area contributed by atoms with Crippen LogP contribution in [0.1, 0.15) is 58.3 Å². The summed E-state index contributed by atoms with van der Waals surface area (Å²) in [6.07, 6.45) is 11.4. The number of hydrogen-bond donors (Lipinski definition) is 1. The molecule has 0 aromatic carbocycles. The van der Waals surface area contributed by atoms with Gasteiger partial charge in [-0.1, -0.05) is 38.5 Å². The first-order valence-electron chi connectivity index (χ1n) is 5.63. The van der Waals surface area contributed by atoms with Crippen molar-refractivity contribution in [3.8, 4) is 0 Å². The average Bonchev–Trinajstić information content (AvgIpc) is 2.11. The van der Waals surface area contributed by atoms with Crippen molar-refractivity contribution in [2.45, 2.75) is 64.3 Å². The Labute approximate surface area is 76.9 Å². The monoisotopic (exact) mass is 169 g/mol. The van der Waals surface area contributed by atoms with E-state index in [9.17, 15) is 0 Å². The Balaban J connectivity index is 2.13. The minimum Gasteiger partial charge on any atom is -0.314 e. The van der Waals surface area contributed by atoms with Crippen LogP contribution in [0, 0.1) is 0 Å². The van der Waals surface area contributed by atoms with E-state index in [1.54, 1.807) is 0 Å². The molecule has 72 valence electrons. The maximum atomic E-state index is 3.58. The highest BCUT2D eigenvalue weighted by molar-refractivity contribution is 4.62. The summed E-state index contributed by atoms with van der Waals surface area (Å²) < 4.78 is 0. The minimum atomic E-state index is 0.753. The van der Waals surface area contributed by atoms with Crippen LogP contribution in [0.25, 0.3) is 0 Å². The molecule has 0 radical (unpaired) electrons. The Morgan fingerprint density at radius 1 is 0.833 bits per heavy atom. The lowest BCUT2D eigenvalue weighted by atomic mass is 10.1. The molecule has 0 aromatic rings. The molecule has 0 saturated carbocycles. The molecule has 1 aliphatic heterocycles. The highest BCUT2D eigenvalue weighted by Crippen LogP contribution is 2.11. The van der Waals surface area contributed by atoms with Crippen LogP contribution >= 0.6 is 0 Å². The van der Waals surface area contributed by atoms with Crippen molar-refractivity contribution >= 4 is 0 Å². The lowest BCUT2D eigenvalue weighted by Gasteiger charge is -2.12. The minimum absolute atomic E-state index is 0.753. The molecule has 0 amide bonds. The molecule has 1 heteroatoms. The fourth-order valence-corrected chi connectivity index (χ4v) is 1.91. The molecule has 1 nitrogen and oxygen atoms in total. The second-order valence-electron chi connectivity index (χ2n) is 4.12. The first-order valence-corrected chi connectivity index (χ1v) is 5.63. The summed E-state index contributed by atoms with van der Waals surface area (Å²) in [7, 11) is 0. The van der Waals surface area contributed by atoms with Crippen molar-refractivity contribution in [1.29, 1.82) is 0 Å². The van der Waals surface area contributed by atoms with E-state index in [1.807, 2.05) is 0 Å². The number of hydrogen-bond acceptors (Lipinski definition) is 1. The largest absolute Gasteiger partial charge is 0.314 e. The van der Waals surface area contributed by atoms with E-state index in [2.05, 4.69) is 12.2 Å². The van der Waals surface area contributed by atoms with Gasteiger partial charge < -0.3 is 5.32 Å². The van der Waals surface area contributed by atoms with Gasteiger partial charge in [-0.25, -0.2) is 0 Å². The van der Waals surface area contributed by atoms with Gasteiger partial charge in [-0.05, 0) is 26.3 Å². The third-order valence-corrected chi connectivity index (χ3v) is 2.81. The van der Waals surface area contributed by atoms with E-state index in [4.69, 9.17) is 0 Å². The number of rotatable bonds is 0. The van der Waals surface area contributed by atoms with Gasteiger partial charge in [0, 0.05) is 6.04 Å². The smallest absolute Gasteiger partial charge is 0.00387 e. The van der Waals surface area contributed by atoms with E-state index in [1.165, 1.54) is 57.9 Å². The van der Waals surface area contributed by atoms with E-state index >= 15 is 0 Å². The van der Waals surface area contributed by atoms with Crippen molar-refractivity contribution in [2.24, 2.45) is 0 Å². The fraction of sp³-hybridized carbons (Fsp3) is 1.00. The van der Waals surface area contributed by atoms with Gasteiger partial charge in [-0.3, -0.25) is 0 Å². The first kappa shape index (κ1) is 10.0. The Kier molecular flexibility index (Phi) is 5.42. The normalized spacial score (nSPS) is 29.2. The predicted octanol–water partition coefficient (Wildman–Crippen LogP) is 3.10. The molecule has 0 bridgehead atoms. The summed E-state index contributed by atoms with van der Waals surface area (Å²) in [5, 5.41) is 3.58. The molecular weight excluding hydrogens is 146 g/mol. The zero-order valence-electron chi connectivity index (χ0n) is 8.44. The molecule has 0 aromatic heterocycles. The van der Waals surface area contributed by atoms with Crippen LogP contribution in [-0.2, 0) is 0 Å². The zero-order chi connectivity index (χ0) is 8.65. The van der Waals surface area contributed by atoms with Gasteiger partial charge >= 0.3 is 0 Å². The van der Waals surface area contributed by atoms with Gasteiger partial charge in [0.1, 0.15) is 0 Å². The highest BCUT2D eigenvalue weighted by Gasteiger charge is 2.02. The van der Waals surface area contributed by atoms with E-state index < -0.39 is 0 Å². The Morgan fingerprint density at radius 2 is 1.42 bits per heavy atom. The summed E-state index contributed by atoms with van der Waals surface area (Å²) in [4.78, 5) is 0. The van der Waals surface area contributed by atoms with Crippen LogP contribution in [0.2, 0.25) is 0 Å². The predicted molar refractivity (Wildman–Crippen MR) is 54.4 cm³/mol. The van der Waals surface area contributed by atoms with Crippen molar-refractivity contribution in [3.63, 3.8) is 0 Å². The summed E-state index contributed by atoms with van der Waals surface area (Å²) in [6, 6.07) is 0.753. The van der Waals surface area contributed by atoms with Crippen LogP contribution in [0.4, 0.5) is 0 Å². The SMILES string of the molecule is C[C@@H]1CCCCCCCCCN1. The molecular formula is C11H23N. The van der Waals surface area contributed by atoms with Crippen LogP contribution in [0.5, 0.6) is 0 Å². The highest BCUT2D eigenvalue weighted by atomic mass is 14.9. The number of nitrogens with one attached hydrogen (secondary N) is 1. The topological polar surface area (TPSA) is 12.0 Å². The maximum Gasteiger partial charge on any atom is 0.00387 e. The molecule has 1 saturated heterocycles. The van der Waals surface area contributed by atoms with Crippen LogP contribution in [0.15, 0.2) is 0 Å². The van der Waals surface area contributed by atoms with E-state index in [-0.39, 0.29) is 0 Å². The van der Waals surface area contributed by atoms with Crippen LogP contribution in [0.3, 0.4) is 0 Å². The Morgan fingerprint density at radius 3 is 2.17 bits per heavy atom. The van der Waals surface area contributed by atoms with Gasteiger partial charge in [-0.2, -0.15) is 0 Å². The molecule has 0 aliphatic carbocycles. The lowest BCUT2D eigenvalue weighted by molar-refractivity contribution is 0.487. The van der Waals surface area contributed by atoms with Gasteiger partial charge in [-0.15, -0.1) is 0 Å². The quantitative estimate of drug-likeness (QED) is 0.587. The third-order valence-electron chi connectivity index (χ3n) is 2.81. The summed E-state index contributed by atoms with van der Waals surface area (Å²) in [6.45, 7) is 3.55. The van der Waals surface area contributed by atoms with E-state index in [0.717, 1.165) is 6.04 Å². The van der Waals surface area contributed by atoms with Gasteiger partial charge in [0.25, 0.3) is 0 Å². The second-order valence-corrected chi connectivity index (χ2v) is 4.12. The first-order chi connectivity index (χ1) is 5.89. The molecule has 1 N–H and O–H groups in total. The molecule has 0 spiro atoms. The molecule has 1 atom stereocenters. The Bertz CT molecular complexity index is 89.2. The lowest BCUT2D eigenvalue weighted by Crippen LogP contribution is -2.26. The molecule has 0 unspecified atom stereocenters. The van der Waals surface area contributed by atoms with E-state index in [0.29, 0.717) is 0 Å². The summed E-state index contributed by atoms with van der Waals surface area (Å²) in [5.41, 5.74) is 0. The van der Waals surface area contributed by atoms with Gasteiger partial charge in [0.15, 0.2) is 0 Å². The third kappa shape index (κ3) is 4.76. The zero-order valence-corrected chi connectivity index (χ0v) is 8.44. The molecule has 1 heterocycles. The van der Waals surface area contributed by atoms with Crippen molar-refractivity contribution in [3.05, 3.63) is 0 Å². The summed E-state index contributed by atoms with van der Waals surface area (Å²) in [5.74, 6) is 0. The maximum absolute atomic E-state index is 3.58. The average molecular weight is 169 g/mol. The van der Waals surface area contributed by atoms with Gasteiger partial charge in [0.05, 0.1) is 0 Å². The summed E-state index contributed by atoms with van der Waals surface area (Å²) >= 11 is 0. The fourth-order valence-electron chi connectivity index (χ4n) is 1.91. The van der Waals surface area contributed by atoms with Crippen LogP contribution in [-0.4, -0.2) is 12.6 Å². The molecule has 12 heavy (non-hydrogen) atoms. The Hall–Kier alpha value is -0.0400. The molecule has 1 aliphatic rings. The van der Waals surface area contributed by atoms with Crippen molar-refractivity contribution in [1.82, 2.24) is 5.32 Å². The molecule has 1 fully saturated rings. The van der Waals surface area contributed by atoms with Crippen molar-refractivity contribution in [2.75, 3.05) is 6.54 Å². The standard InChI is InChI=1S/C11H23N/c1-11-9-7-5-3-2-4-6-8-10-12-11/h11-12H,2-10H2,1H3/t11-/m1/s1. The second kappa shape index (κ2) is 6.47. The molecule has 1 rings (SSSR count).